The number of nitrogens with one attached hydrogen (secondary N) is 2. The van der Waals surface area contributed by atoms with Gasteiger partial charge in [0.05, 0.1) is 0 Å². The van der Waals surface area contributed by atoms with Crippen molar-refractivity contribution in [1.82, 2.24) is 0 Å². The number of aryl methyl sites for hydroxylation is 2. The fourth-order valence-electron chi connectivity index (χ4n) is 2.82. The van der Waals surface area contributed by atoms with Crippen LogP contribution in [0.3, 0.4) is 0 Å². The Morgan fingerprint density at radius 1 is 0.955 bits per heavy atom. The topological polar surface area (TPSA) is 79.0 Å². The number of nitrogen functional groups attached to an aromatic ring is 1. The van der Waals surface area contributed by atoms with Gasteiger partial charge in [-0.3, -0.25) is 10.2 Å². The van der Waals surface area contributed by atoms with Crippen LogP contribution >= 0.6 is 0 Å². The van der Waals surface area contributed by atoms with Crippen LogP contribution in [0.2, 0.25) is 0 Å². The number of fused-ring (bicyclic) bond motifs is 1. The molecule has 4 heteroatoms. The van der Waals surface area contributed by atoms with Gasteiger partial charge in [0, 0.05) is 16.8 Å². The average Bonchev–Trinajstić information content (AvgIpc) is 2.55. The summed E-state index contributed by atoms with van der Waals surface area (Å²) in [5.74, 6) is -0.146. The van der Waals surface area contributed by atoms with Crippen LogP contribution in [0.25, 0.3) is 0 Å². The number of benzene rings is 2. The van der Waals surface area contributed by atoms with Crippen LogP contribution in [0.5, 0.6) is 0 Å². The summed E-state index contributed by atoms with van der Waals surface area (Å²) in [6.45, 7) is 0. The van der Waals surface area contributed by atoms with Crippen LogP contribution in [-0.4, -0.2) is 11.7 Å². The molecule has 112 valence electrons. The zero-order chi connectivity index (χ0) is 15.5. The number of anilines is 1. The first kappa shape index (κ1) is 14.3. The average molecular weight is 293 g/mol. The number of carbonyl (C=O) groups is 1. The Kier molecular flexibility index (Phi) is 3.92. The molecule has 4 N–H and O–H groups in total. The van der Waals surface area contributed by atoms with E-state index in [1.54, 1.807) is 24.3 Å². The third kappa shape index (κ3) is 3.01. The molecule has 1 aliphatic rings. The summed E-state index contributed by atoms with van der Waals surface area (Å²) in [4.78, 5) is 12.3. The molecule has 0 unspecified atom stereocenters. The van der Waals surface area contributed by atoms with Crippen LogP contribution in [0.1, 0.15) is 39.9 Å². The molecule has 0 bridgehead atoms. The fraction of sp³-hybridized carbons (Fsp3) is 0.222. The predicted octanol–water partition coefficient (Wildman–Crippen LogP) is 3.10. The Balaban J connectivity index is 1.75. The van der Waals surface area contributed by atoms with Gasteiger partial charge in [0.1, 0.15) is 5.84 Å². The molecule has 0 radical (unpaired) electrons. The van der Waals surface area contributed by atoms with Crippen molar-refractivity contribution in [2.45, 2.75) is 25.7 Å². The van der Waals surface area contributed by atoms with E-state index < -0.39 is 0 Å². The van der Waals surface area contributed by atoms with Gasteiger partial charge in [-0.15, -0.1) is 0 Å². The van der Waals surface area contributed by atoms with E-state index in [2.05, 4.69) is 17.4 Å². The quantitative estimate of drug-likeness (QED) is 0.600. The number of amides is 1. The van der Waals surface area contributed by atoms with Gasteiger partial charge in [0.15, 0.2) is 0 Å². The molecule has 0 spiro atoms. The number of hydrogen-bond donors (Lipinski definition) is 3. The van der Waals surface area contributed by atoms with Gasteiger partial charge >= 0.3 is 0 Å². The molecule has 22 heavy (non-hydrogen) atoms. The molecule has 4 nitrogen and oxygen atoms in total. The molecular weight excluding hydrogens is 274 g/mol. The van der Waals surface area contributed by atoms with Crippen molar-refractivity contribution in [2.24, 2.45) is 5.73 Å². The molecule has 0 aromatic heterocycles. The molecule has 3 rings (SSSR count). The summed E-state index contributed by atoms with van der Waals surface area (Å²) in [5.41, 5.74) is 10.2. The highest BCUT2D eigenvalue weighted by molar-refractivity contribution is 6.05. The predicted molar refractivity (Wildman–Crippen MR) is 88.5 cm³/mol. The van der Waals surface area contributed by atoms with Crippen molar-refractivity contribution < 1.29 is 4.79 Å². The molecule has 2 aromatic rings. The maximum absolute atomic E-state index is 12.3. The fourth-order valence-corrected chi connectivity index (χ4v) is 2.82. The largest absolute Gasteiger partial charge is 0.384 e. The molecule has 0 atom stereocenters. The molecule has 0 saturated carbocycles. The Morgan fingerprint density at radius 2 is 1.59 bits per heavy atom. The highest BCUT2D eigenvalue weighted by atomic mass is 16.1. The molecule has 1 amide bonds. The minimum Gasteiger partial charge on any atom is -0.384 e. The van der Waals surface area contributed by atoms with Gasteiger partial charge in [0.2, 0.25) is 0 Å². The monoisotopic (exact) mass is 293 g/mol. The third-order valence-electron chi connectivity index (χ3n) is 4.06. The Hall–Kier alpha value is -2.62. The van der Waals surface area contributed by atoms with Crippen LogP contribution in [0, 0.1) is 5.41 Å². The van der Waals surface area contributed by atoms with Crippen molar-refractivity contribution >= 4 is 17.4 Å². The van der Waals surface area contributed by atoms with Gasteiger partial charge in [-0.2, -0.15) is 0 Å². The maximum atomic E-state index is 12.3. The van der Waals surface area contributed by atoms with E-state index in [0.717, 1.165) is 18.5 Å². The highest BCUT2D eigenvalue weighted by Crippen LogP contribution is 2.24. The van der Waals surface area contributed by atoms with E-state index >= 15 is 0 Å². The van der Waals surface area contributed by atoms with E-state index in [1.807, 2.05) is 6.07 Å². The minimum absolute atomic E-state index is 0.00152. The van der Waals surface area contributed by atoms with E-state index in [-0.39, 0.29) is 11.7 Å². The van der Waals surface area contributed by atoms with Crippen LogP contribution < -0.4 is 11.1 Å². The van der Waals surface area contributed by atoms with E-state index in [4.69, 9.17) is 11.1 Å². The molecule has 0 saturated heterocycles. The van der Waals surface area contributed by atoms with Crippen molar-refractivity contribution in [1.29, 1.82) is 5.41 Å². The summed E-state index contributed by atoms with van der Waals surface area (Å²) in [6.07, 6.45) is 4.69. The van der Waals surface area contributed by atoms with Gasteiger partial charge in [-0.25, -0.2) is 0 Å². The van der Waals surface area contributed by atoms with Crippen LogP contribution in [-0.2, 0) is 12.8 Å². The first-order valence-corrected chi connectivity index (χ1v) is 7.51. The lowest BCUT2D eigenvalue weighted by molar-refractivity contribution is 0.102. The minimum atomic E-state index is -0.147. The van der Waals surface area contributed by atoms with E-state index in [0.29, 0.717) is 11.1 Å². The normalized spacial score (nSPS) is 13.3. The Bertz CT molecular complexity index is 720. The van der Waals surface area contributed by atoms with Gasteiger partial charge in [-0.1, -0.05) is 18.2 Å². The second-order valence-corrected chi connectivity index (χ2v) is 5.64. The van der Waals surface area contributed by atoms with Gasteiger partial charge in [-0.05, 0) is 61.1 Å². The van der Waals surface area contributed by atoms with Crippen LogP contribution in [0.4, 0.5) is 5.69 Å². The van der Waals surface area contributed by atoms with E-state index in [9.17, 15) is 4.79 Å². The molecular formula is C18H19N3O. The lowest BCUT2D eigenvalue weighted by atomic mass is 9.91. The highest BCUT2D eigenvalue weighted by Gasteiger charge is 2.11. The first-order chi connectivity index (χ1) is 10.6. The molecule has 1 aliphatic carbocycles. The summed E-state index contributed by atoms with van der Waals surface area (Å²) >= 11 is 0. The summed E-state index contributed by atoms with van der Waals surface area (Å²) in [7, 11) is 0. The smallest absolute Gasteiger partial charge is 0.255 e. The maximum Gasteiger partial charge on any atom is 0.255 e. The van der Waals surface area contributed by atoms with E-state index in [1.165, 1.54) is 24.0 Å². The molecule has 0 fully saturated rings. The molecule has 0 heterocycles. The standard InChI is InChI=1S/C18H19N3O/c19-17(20)13-5-7-14(8-6-13)18(22)21-16-10-9-12-3-1-2-4-15(12)11-16/h5-11H,1-4H2,(H3,19,20)(H,21,22). The second-order valence-electron chi connectivity index (χ2n) is 5.64. The van der Waals surface area contributed by atoms with Crippen molar-refractivity contribution in [3.63, 3.8) is 0 Å². The summed E-state index contributed by atoms with van der Waals surface area (Å²) in [6, 6.07) is 12.9. The number of amidine groups is 1. The number of rotatable bonds is 3. The lowest BCUT2D eigenvalue weighted by Gasteiger charge is -2.16. The summed E-state index contributed by atoms with van der Waals surface area (Å²) < 4.78 is 0. The summed E-state index contributed by atoms with van der Waals surface area (Å²) in [5, 5.41) is 10.3. The van der Waals surface area contributed by atoms with Crippen molar-refractivity contribution in [3.05, 3.63) is 64.7 Å². The van der Waals surface area contributed by atoms with Crippen LogP contribution in [0.15, 0.2) is 42.5 Å². The van der Waals surface area contributed by atoms with Crippen molar-refractivity contribution in [2.75, 3.05) is 5.32 Å². The number of hydrogen-bond acceptors (Lipinski definition) is 2. The first-order valence-electron chi connectivity index (χ1n) is 7.51. The lowest BCUT2D eigenvalue weighted by Crippen LogP contribution is -2.14. The van der Waals surface area contributed by atoms with Gasteiger partial charge in [0.25, 0.3) is 5.91 Å². The Labute approximate surface area is 129 Å². The van der Waals surface area contributed by atoms with Crippen molar-refractivity contribution in [3.8, 4) is 0 Å². The zero-order valence-electron chi connectivity index (χ0n) is 12.4. The Morgan fingerprint density at radius 3 is 2.27 bits per heavy atom. The molecule has 0 aliphatic heterocycles. The number of carbonyl (C=O) groups excluding carboxylic acids is 1. The van der Waals surface area contributed by atoms with Gasteiger partial charge < -0.3 is 11.1 Å². The second kappa shape index (κ2) is 6.02. The zero-order valence-corrected chi connectivity index (χ0v) is 12.4. The molecule has 2 aromatic carbocycles. The third-order valence-corrected chi connectivity index (χ3v) is 4.06. The SMILES string of the molecule is N=C(N)c1ccc(C(=O)Nc2ccc3c(c2)CCCC3)cc1. The number of nitrogens with two attached hydrogens (primary N) is 1.